The molecule has 2 unspecified atom stereocenters. The molecule has 1 heterocycles. The van der Waals surface area contributed by atoms with E-state index in [0.29, 0.717) is 30.8 Å². The number of likely N-dealkylation sites (tertiary alicyclic amines) is 1. The zero-order valence-corrected chi connectivity index (χ0v) is 15.2. The van der Waals surface area contributed by atoms with E-state index in [4.69, 9.17) is 5.73 Å². The second kappa shape index (κ2) is 9.80. The number of hydrogen-bond donors (Lipinski definition) is 2. The van der Waals surface area contributed by atoms with Crippen molar-refractivity contribution in [1.82, 2.24) is 10.2 Å². The number of rotatable bonds is 9. The van der Waals surface area contributed by atoms with Crippen LogP contribution < -0.4 is 11.1 Å². The topological polar surface area (TPSA) is 58.4 Å². The highest BCUT2D eigenvalue weighted by molar-refractivity contribution is 5.76. The van der Waals surface area contributed by atoms with Crippen molar-refractivity contribution in [2.75, 3.05) is 19.6 Å². The minimum absolute atomic E-state index is 0.198. The van der Waals surface area contributed by atoms with Crippen molar-refractivity contribution in [3.05, 3.63) is 35.9 Å². The molecule has 134 valence electrons. The molecule has 1 aromatic carbocycles. The number of amides is 1. The molecule has 0 saturated carbocycles. The van der Waals surface area contributed by atoms with Gasteiger partial charge in [-0.25, -0.2) is 0 Å². The first-order chi connectivity index (χ1) is 11.6. The van der Waals surface area contributed by atoms with Gasteiger partial charge in [-0.2, -0.15) is 0 Å². The number of nitrogens with zero attached hydrogens (tertiary/aromatic N) is 1. The molecule has 0 spiro atoms. The summed E-state index contributed by atoms with van der Waals surface area (Å²) in [5, 5.41) is 3.22. The molecule has 2 rings (SSSR count). The first-order valence-electron chi connectivity index (χ1n) is 9.34. The highest BCUT2D eigenvalue weighted by Crippen LogP contribution is 2.20. The lowest BCUT2D eigenvalue weighted by Crippen LogP contribution is -2.37. The van der Waals surface area contributed by atoms with Crippen LogP contribution in [0.4, 0.5) is 0 Å². The Morgan fingerprint density at radius 2 is 2.04 bits per heavy atom. The maximum absolute atomic E-state index is 12.2. The lowest BCUT2D eigenvalue weighted by atomic mass is 9.88. The Labute approximate surface area is 146 Å². The third kappa shape index (κ3) is 6.25. The maximum atomic E-state index is 12.2. The summed E-state index contributed by atoms with van der Waals surface area (Å²) in [4.78, 5) is 14.7. The smallest absolute Gasteiger partial charge is 0.220 e. The van der Waals surface area contributed by atoms with Gasteiger partial charge in [-0.05, 0) is 43.2 Å². The molecule has 1 aromatic rings. The summed E-state index contributed by atoms with van der Waals surface area (Å²) in [7, 11) is 0. The van der Waals surface area contributed by atoms with Gasteiger partial charge in [0.15, 0.2) is 0 Å². The first-order valence-corrected chi connectivity index (χ1v) is 9.34. The van der Waals surface area contributed by atoms with Crippen molar-refractivity contribution in [2.24, 2.45) is 17.6 Å². The Hall–Kier alpha value is -1.39. The summed E-state index contributed by atoms with van der Waals surface area (Å²) in [6.07, 6.45) is 3.63. The van der Waals surface area contributed by atoms with E-state index in [0.717, 1.165) is 38.9 Å². The van der Waals surface area contributed by atoms with Gasteiger partial charge in [0.2, 0.25) is 5.91 Å². The highest BCUT2D eigenvalue weighted by atomic mass is 16.1. The predicted octanol–water partition coefficient (Wildman–Crippen LogP) is 2.78. The second-order valence-corrected chi connectivity index (χ2v) is 7.39. The summed E-state index contributed by atoms with van der Waals surface area (Å²) < 4.78 is 0. The normalized spacial score (nSPS) is 19.6. The third-order valence-corrected chi connectivity index (χ3v) is 5.11. The monoisotopic (exact) mass is 331 g/mol. The van der Waals surface area contributed by atoms with E-state index in [2.05, 4.69) is 48.3 Å². The standard InChI is InChI=1S/C20H33N3O/c1-16(2)18(10-12-21)8-9-20(24)22-19-11-13-23(15-19)14-17-6-4-3-5-7-17/h3-7,16,18-19H,8-15,21H2,1-2H3,(H,22,24). The van der Waals surface area contributed by atoms with Crippen LogP contribution in [0.1, 0.15) is 45.1 Å². The van der Waals surface area contributed by atoms with Gasteiger partial charge in [-0.3, -0.25) is 9.69 Å². The van der Waals surface area contributed by atoms with E-state index in [9.17, 15) is 4.79 Å². The van der Waals surface area contributed by atoms with Gasteiger partial charge >= 0.3 is 0 Å². The Bertz CT molecular complexity index is 489. The third-order valence-electron chi connectivity index (χ3n) is 5.11. The van der Waals surface area contributed by atoms with Crippen molar-refractivity contribution in [3.8, 4) is 0 Å². The molecule has 24 heavy (non-hydrogen) atoms. The van der Waals surface area contributed by atoms with Crippen LogP contribution in [-0.4, -0.2) is 36.5 Å². The van der Waals surface area contributed by atoms with Crippen LogP contribution in [0.2, 0.25) is 0 Å². The first kappa shape index (κ1) is 18.9. The van der Waals surface area contributed by atoms with Crippen molar-refractivity contribution < 1.29 is 4.79 Å². The summed E-state index contributed by atoms with van der Waals surface area (Å²) >= 11 is 0. The number of nitrogens with one attached hydrogen (secondary N) is 1. The minimum atomic E-state index is 0.198. The lowest BCUT2D eigenvalue weighted by Gasteiger charge is -2.20. The van der Waals surface area contributed by atoms with Gasteiger partial charge in [0.05, 0.1) is 0 Å². The SMILES string of the molecule is CC(C)C(CCN)CCC(=O)NC1CCN(Cc2ccccc2)C1. The van der Waals surface area contributed by atoms with Gasteiger partial charge in [0, 0.05) is 32.1 Å². The molecule has 1 fully saturated rings. The molecular weight excluding hydrogens is 298 g/mol. The van der Waals surface area contributed by atoms with Crippen molar-refractivity contribution >= 4 is 5.91 Å². The maximum Gasteiger partial charge on any atom is 0.220 e. The molecule has 0 bridgehead atoms. The van der Waals surface area contributed by atoms with Gasteiger partial charge in [0.1, 0.15) is 0 Å². The van der Waals surface area contributed by atoms with Gasteiger partial charge in [-0.1, -0.05) is 44.2 Å². The summed E-state index contributed by atoms with van der Waals surface area (Å²) in [6, 6.07) is 10.8. The van der Waals surface area contributed by atoms with Crippen molar-refractivity contribution in [3.63, 3.8) is 0 Å². The highest BCUT2D eigenvalue weighted by Gasteiger charge is 2.24. The van der Waals surface area contributed by atoms with Gasteiger partial charge < -0.3 is 11.1 Å². The van der Waals surface area contributed by atoms with E-state index in [-0.39, 0.29) is 5.91 Å². The van der Waals surface area contributed by atoms with E-state index >= 15 is 0 Å². The largest absolute Gasteiger partial charge is 0.352 e. The van der Waals surface area contributed by atoms with Crippen LogP contribution in [0.5, 0.6) is 0 Å². The van der Waals surface area contributed by atoms with Gasteiger partial charge in [-0.15, -0.1) is 0 Å². The quantitative estimate of drug-likeness (QED) is 0.731. The molecule has 0 aromatic heterocycles. The van der Waals surface area contributed by atoms with Crippen LogP contribution in [0.25, 0.3) is 0 Å². The van der Waals surface area contributed by atoms with Crippen LogP contribution in [0.15, 0.2) is 30.3 Å². The average Bonchev–Trinajstić information content (AvgIpc) is 2.99. The van der Waals surface area contributed by atoms with Crippen LogP contribution in [0.3, 0.4) is 0 Å². The number of carbonyl (C=O) groups is 1. The zero-order chi connectivity index (χ0) is 17.4. The molecule has 1 amide bonds. The van der Waals surface area contributed by atoms with E-state index < -0.39 is 0 Å². The van der Waals surface area contributed by atoms with Crippen molar-refractivity contribution in [1.29, 1.82) is 0 Å². The minimum Gasteiger partial charge on any atom is -0.352 e. The lowest BCUT2D eigenvalue weighted by molar-refractivity contribution is -0.122. The molecule has 4 heteroatoms. The second-order valence-electron chi connectivity index (χ2n) is 7.39. The number of carbonyl (C=O) groups excluding carboxylic acids is 1. The molecule has 1 aliphatic heterocycles. The van der Waals surface area contributed by atoms with Crippen molar-refractivity contribution in [2.45, 2.75) is 52.1 Å². The molecule has 0 aliphatic carbocycles. The molecule has 4 nitrogen and oxygen atoms in total. The molecule has 1 aliphatic rings. The molecule has 3 N–H and O–H groups in total. The Kier molecular flexibility index (Phi) is 7.73. The van der Waals surface area contributed by atoms with E-state index in [1.54, 1.807) is 0 Å². The van der Waals surface area contributed by atoms with E-state index in [1.807, 2.05) is 6.07 Å². The molecular formula is C20H33N3O. The van der Waals surface area contributed by atoms with E-state index in [1.165, 1.54) is 5.56 Å². The molecule has 2 atom stereocenters. The van der Waals surface area contributed by atoms with Crippen LogP contribution in [0, 0.1) is 11.8 Å². The summed E-state index contributed by atoms with van der Waals surface area (Å²) in [5.41, 5.74) is 7.02. The Balaban J connectivity index is 1.69. The fourth-order valence-electron chi connectivity index (χ4n) is 3.58. The van der Waals surface area contributed by atoms with Crippen LogP contribution in [-0.2, 0) is 11.3 Å². The molecule has 1 saturated heterocycles. The van der Waals surface area contributed by atoms with Crippen LogP contribution >= 0.6 is 0 Å². The Morgan fingerprint density at radius 1 is 1.29 bits per heavy atom. The number of nitrogens with two attached hydrogens (primary N) is 1. The zero-order valence-electron chi connectivity index (χ0n) is 15.2. The fraction of sp³-hybridized carbons (Fsp3) is 0.650. The number of benzene rings is 1. The van der Waals surface area contributed by atoms with Gasteiger partial charge in [0.25, 0.3) is 0 Å². The summed E-state index contributed by atoms with van der Waals surface area (Å²) in [5.74, 6) is 1.34. The number of hydrogen-bond acceptors (Lipinski definition) is 3. The summed E-state index contributed by atoms with van der Waals surface area (Å²) in [6.45, 7) is 8.13. The Morgan fingerprint density at radius 3 is 2.71 bits per heavy atom. The fourth-order valence-corrected chi connectivity index (χ4v) is 3.58. The predicted molar refractivity (Wildman–Crippen MR) is 99.5 cm³/mol. The average molecular weight is 332 g/mol. The molecule has 0 radical (unpaired) electrons.